The number of phenols is 1. The minimum absolute atomic E-state index is 0.399. The van der Waals surface area contributed by atoms with Crippen LogP contribution in [0, 0.1) is 6.92 Å². The first kappa shape index (κ1) is 8.12. The summed E-state index contributed by atoms with van der Waals surface area (Å²) in [5, 5.41) is 9.46. The van der Waals surface area contributed by atoms with E-state index in [4.69, 9.17) is 0 Å². The fraction of sp³-hybridized carbons (Fsp3) is 0.400. The lowest BCUT2D eigenvalue weighted by Gasteiger charge is -2.10. The van der Waals surface area contributed by atoms with E-state index >= 15 is 0 Å². The van der Waals surface area contributed by atoms with Crippen LogP contribution in [0.1, 0.15) is 30.9 Å². The second kappa shape index (κ2) is 2.95. The summed E-state index contributed by atoms with van der Waals surface area (Å²) < 4.78 is 0. The molecule has 0 aliphatic carbocycles. The van der Waals surface area contributed by atoms with Crippen molar-refractivity contribution in [1.29, 1.82) is 0 Å². The first-order valence-electron chi connectivity index (χ1n) is 3.91. The van der Waals surface area contributed by atoms with Gasteiger partial charge in [0, 0.05) is 0 Å². The molecule has 0 bridgehead atoms. The molecule has 1 aromatic carbocycles. The Kier molecular flexibility index (Phi) is 2.18. The Balaban J connectivity index is 3.21. The second-order valence-corrected chi connectivity index (χ2v) is 3.16. The molecular formula is C10H14O. The van der Waals surface area contributed by atoms with E-state index in [2.05, 4.69) is 13.8 Å². The summed E-state index contributed by atoms with van der Waals surface area (Å²) in [7, 11) is 0. The lowest BCUT2D eigenvalue weighted by Crippen LogP contribution is -1.91. The van der Waals surface area contributed by atoms with Gasteiger partial charge in [-0.25, -0.2) is 0 Å². The predicted molar refractivity (Wildman–Crippen MR) is 46.9 cm³/mol. The van der Waals surface area contributed by atoms with Crippen molar-refractivity contribution in [3.8, 4) is 5.75 Å². The maximum absolute atomic E-state index is 9.46. The molecule has 1 aromatic rings. The molecule has 0 amide bonds. The zero-order chi connectivity index (χ0) is 8.43. The van der Waals surface area contributed by atoms with Gasteiger partial charge >= 0.3 is 0 Å². The molecule has 1 N–H and O–H groups in total. The summed E-state index contributed by atoms with van der Waals surface area (Å²) in [4.78, 5) is 0. The molecule has 0 aliphatic heterocycles. The van der Waals surface area contributed by atoms with Crippen LogP contribution in [0.3, 0.4) is 0 Å². The van der Waals surface area contributed by atoms with Crippen molar-refractivity contribution in [2.45, 2.75) is 26.7 Å². The van der Waals surface area contributed by atoms with E-state index in [0.717, 1.165) is 5.56 Å². The number of phenolic OH excluding ortho intramolecular Hbond substituents is 1. The van der Waals surface area contributed by atoms with Gasteiger partial charge < -0.3 is 5.11 Å². The van der Waals surface area contributed by atoms with Crippen LogP contribution in [0.15, 0.2) is 18.2 Å². The van der Waals surface area contributed by atoms with E-state index in [1.165, 1.54) is 5.56 Å². The highest BCUT2D eigenvalue weighted by molar-refractivity contribution is 5.40. The van der Waals surface area contributed by atoms with E-state index in [1.807, 2.05) is 19.1 Å². The predicted octanol–water partition coefficient (Wildman–Crippen LogP) is 2.82. The first-order chi connectivity index (χ1) is 5.13. The molecule has 0 aromatic heterocycles. The summed E-state index contributed by atoms with van der Waals surface area (Å²) in [6.07, 6.45) is 0. The minimum atomic E-state index is 0.399. The lowest BCUT2D eigenvalue weighted by atomic mass is 9.97. The average Bonchev–Trinajstić information content (AvgIpc) is 1.85. The van der Waals surface area contributed by atoms with Gasteiger partial charge in [-0.1, -0.05) is 26.0 Å². The van der Waals surface area contributed by atoms with Crippen LogP contribution in [0.25, 0.3) is 0 Å². The molecule has 0 fully saturated rings. The van der Waals surface area contributed by atoms with Crippen molar-refractivity contribution in [3.05, 3.63) is 29.3 Å². The molecule has 0 unspecified atom stereocenters. The molecule has 60 valence electrons. The molecule has 0 saturated carbocycles. The van der Waals surface area contributed by atoms with Gasteiger partial charge in [0.15, 0.2) is 0 Å². The fourth-order valence-corrected chi connectivity index (χ4v) is 1.42. The zero-order valence-corrected chi connectivity index (χ0v) is 7.26. The zero-order valence-electron chi connectivity index (χ0n) is 7.26. The summed E-state index contributed by atoms with van der Waals surface area (Å²) in [5.74, 6) is 0.816. The van der Waals surface area contributed by atoms with Crippen molar-refractivity contribution in [2.75, 3.05) is 0 Å². The highest BCUT2D eigenvalue weighted by Gasteiger charge is 2.06. The van der Waals surface area contributed by atoms with Crippen LogP contribution in [-0.4, -0.2) is 5.11 Å². The third-order valence-corrected chi connectivity index (χ3v) is 1.88. The third kappa shape index (κ3) is 1.53. The Morgan fingerprint density at radius 1 is 1.27 bits per heavy atom. The van der Waals surface area contributed by atoms with Crippen LogP contribution in [0.4, 0.5) is 0 Å². The Labute approximate surface area is 67.7 Å². The molecule has 0 aliphatic rings. The molecule has 1 nitrogen and oxygen atoms in total. The summed E-state index contributed by atoms with van der Waals surface area (Å²) in [6.45, 7) is 6.19. The number of benzene rings is 1. The van der Waals surface area contributed by atoms with Crippen LogP contribution in [0.2, 0.25) is 0 Å². The molecular weight excluding hydrogens is 136 g/mol. The second-order valence-electron chi connectivity index (χ2n) is 3.16. The Hall–Kier alpha value is -0.980. The van der Waals surface area contributed by atoms with Gasteiger partial charge in [0.05, 0.1) is 0 Å². The molecule has 1 rings (SSSR count). The Morgan fingerprint density at radius 2 is 1.91 bits per heavy atom. The smallest absolute Gasteiger partial charge is 0.119 e. The van der Waals surface area contributed by atoms with Gasteiger partial charge in [0.25, 0.3) is 0 Å². The average molecular weight is 150 g/mol. The highest BCUT2D eigenvalue weighted by atomic mass is 16.3. The molecule has 0 radical (unpaired) electrons. The van der Waals surface area contributed by atoms with Gasteiger partial charge in [-0.3, -0.25) is 0 Å². The number of hydrogen-bond donors (Lipinski definition) is 1. The molecule has 0 saturated heterocycles. The molecule has 0 heterocycles. The van der Waals surface area contributed by atoms with E-state index in [9.17, 15) is 5.11 Å². The van der Waals surface area contributed by atoms with Gasteiger partial charge in [-0.15, -0.1) is 0 Å². The number of hydrogen-bond acceptors (Lipinski definition) is 1. The minimum Gasteiger partial charge on any atom is -0.508 e. The van der Waals surface area contributed by atoms with Gasteiger partial charge in [0.1, 0.15) is 5.75 Å². The normalized spacial score (nSPS) is 10.5. The summed E-state index contributed by atoms with van der Waals surface area (Å²) in [5.41, 5.74) is 2.23. The largest absolute Gasteiger partial charge is 0.508 e. The van der Waals surface area contributed by atoms with Crippen molar-refractivity contribution in [2.24, 2.45) is 0 Å². The Bertz CT molecular complexity index is 231. The standard InChI is InChI=1S/C10H14O/c1-7(2)10-8(3)5-4-6-9(10)11/h4-7,11H,1-3H3. The van der Waals surface area contributed by atoms with Crippen molar-refractivity contribution in [3.63, 3.8) is 0 Å². The van der Waals surface area contributed by atoms with Gasteiger partial charge in [-0.05, 0) is 30.0 Å². The van der Waals surface area contributed by atoms with Crippen molar-refractivity contribution in [1.82, 2.24) is 0 Å². The molecule has 0 spiro atoms. The van der Waals surface area contributed by atoms with Gasteiger partial charge in [0.2, 0.25) is 0 Å². The Morgan fingerprint density at radius 3 is 2.27 bits per heavy atom. The number of aromatic hydroxyl groups is 1. The van der Waals surface area contributed by atoms with Crippen LogP contribution in [0.5, 0.6) is 5.75 Å². The quantitative estimate of drug-likeness (QED) is 0.652. The van der Waals surface area contributed by atoms with E-state index in [-0.39, 0.29) is 0 Å². The van der Waals surface area contributed by atoms with E-state index < -0.39 is 0 Å². The third-order valence-electron chi connectivity index (χ3n) is 1.88. The SMILES string of the molecule is Cc1cccc(O)c1C(C)C. The highest BCUT2D eigenvalue weighted by Crippen LogP contribution is 2.27. The van der Waals surface area contributed by atoms with E-state index in [1.54, 1.807) is 6.07 Å². The van der Waals surface area contributed by atoms with E-state index in [0.29, 0.717) is 11.7 Å². The number of rotatable bonds is 1. The van der Waals surface area contributed by atoms with Gasteiger partial charge in [-0.2, -0.15) is 0 Å². The topological polar surface area (TPSA) is 20.2 Å². The summed E-state index contributed by atoms with van der Waals surface area (Å²) >= 11 is 0. The molecule has 1 heteroatoms. The van der Waals surface area contributed by atoms with Crippen molar-refractivity contribution < 1.29 is 5.11 Å². The lowest BCUT2D eigenvalue weighted by molar-refractivity contribution is 0.464. The fourth-order valence-electron chi connectivity index (χ4n) is 1.42. The number of aryl methyl sites for hydroxylation is 1. The maximum atomic E-state index is 9.46. The molecule has 11 heavy (non-hydrogen) atoms. The summed E-state index contributed by atoms with van der Waals surface area (Å²) in [6, 6.07) is 5.63. The molecule has 0 atom stereocenters. The maximum Gasteiger partial charge on any atom is 0.119 e. The van der Waals surface area contributed by atoms with Crippen LogP contribution in [-0.2, 0) is 0 Å². The monoisotopic (exact) mass is 150 g/mol. The van der Waals surface area contributed by atoms with Crippen LogP contribution < -0.4 is 0 Å². The van der Waals surface area contributed by atoms with Crippen molar-refractivity contribution >= 4 is 0 Å². The van der Waals surface area contributed by atoms with Crippen LogP contribution >= 0.6 is 0 Å². The first-order valence-corrected chi connectivity index (χ1v) is 3.91.